The predicted molar refractivity (Wildman–Crippen MR) is 135 cm³/mol. The molecule has 4 aromatic rings. The molecule has 0 aliphatic rings. The molecular formula is C30H24O2. The standard InChI is InChI=1S/C30H24O2/c1-21-15-24(19-31)8-11-26(21)10-7-23-17-28-5-3-4-6-30(28)29(18-23)14-13-27-12-9-25(20-32)16-22(27)2/h3-20H,1-2H3/b10-7+,14-13+. The summed E-state index contributed by atoms with van der Waals surface area (Å²) in [4.78, 5) is 22.0. The smallest absolute Gasteiger partial charge is 0.150 e. The van der Waals surface area contributed by atoms with Crippen molar-refractivity contribution >= 4 is 47.6 Å². The molecule has 0 fully saturated rings. The second-order valence-corrected chi connectivity index (χ2v) is 7.97. The van der Waals surface area contributed by atoms with Crippen LogP contribution >= 0.6 is 0 Å². The van der Waals surface area contributed by atoms with E-state index in [1.807, 2.05) is 56.3 Å². The molecule has 0 bridgehead atoms. The third-order valence-electron chi connectivity index (χ3n) is 5.67. The number of carbonyl (C=O) groups excluding carboxylic acids is 2. The maximum Gasteiger partial charge on any atom is 0.150 e. The van der Waals surface area contributed by atoms with E-state index in [2.05, 4.69) is 54.6 Å². The summed E-state index contributed by atoms with van der Waals surface area (Å²) in [7, 11) is 0. The van der Waals surface area contributed by atoms with Gasteiger partial charge in [0.05, 0.1) is 0 Å². The highest BCUT2D eigenvalue weighted by Crippen LogP contribution is 2.25. The van der Waals surface area contributed by atoms with Crippen molar-refractivity contribution in [2.75, 3.05) is 0 Å². The third-order valence-corrected chi connectivity index (χ3v) is 5.67. The molecule has 32 heavy (non-hydrogen) atoms. The van der Waals surface area contributed by atoms with Crippen molar-refractivity contribution in [2.45, 2.75) is 13.8 Å². The minimum absolute atomic E-state index is 0.689. The van der Waals surface area contributed by atoms with Crippen molar-refractivity contribution in [2.24, 2.45) is 0 Å². The van der Waals surface area contributed by atoms with Gasteiger partial charge >= 0.3 is 0 Å². The molecule has 0 aromatic heterocycles. The Hall–Kier alpha value is -4.04. The van der Waals surface area contributed by atoms with Gasteiger partial charge in [-0.3, -0.25) is 9.59 Å². The van der Waals surface area contributed by atoms with E-state index < -0.39 is 0 Å². The first-order valence-electron chi connectivity index (χ1n) is 10.6. The van der Waals surface area contributed by atoms with Crippen LogP contribution in [0, 0.1) is 13.8 Å². The van der Waals surface area contributed by atoms with Gasteiger partial charge in [0.1, 0.15) is 12.6 Å². The van der Waals surface area contributed by atoms with Crippen LogP contribution in [0.1, 0.15) is 54.1 Å². The number of hydrogen-bond donors (Lipinski definition) is 0. The number of benzene rings is 4. The summed E-state index contributed by atoms with van der Waals surface area (Å²) in [5.41, 5.74) is 7.94. The molecule has 156 valence electrons. The molecule has 0 amide bonds. The van der Waals surface area contributed by atoms with E-state index in [9.17, 15) is 9.59 Å². The first-order chi connectivity index (χ1) is 15.6. The number of rotatable bonds is 6. The second kappa shape index (κ2) is 9.40. The second-order valence-electron chi connectivity index (χ2n) is 7.97. The van der Waals surface area contributed by atoms with Gasteiger partial charge in [-0.25, -0.2) is 0 Å². The van der Waals surface area contributed by atoms with E-state index >= 15 is 0 Å². The Morgan fingerprint density at radius 3 is 1.69 bits per heavy atom. The highest BCUT2D eigenvalue weighted by molar-refractivity contribution is 5.95. The van der Waals surface area contributed by atoms with Gasteiger partial charge in [-0.2, -0.15) is 0 Å². The summed E-state index contributed by atoms with van der Waals surface area (Å²) in [5, 5.41) is 2.37. The molecule has 0 heterocycles. The predicted octanol–water partition coefficient (Wildman–Crippen LogP) is 7.42. The van der Waals surface area contributed by atoms with Crippen LogP contribution in [-0.2, 0) is 0 Å². The van der Waals surface area contributed by atoms with Crippen LogP contribution in [0.3, 0.4) is 0 Å². The van der Waals surface area contributed by atoms with Crippen LogP contribution in [0.5, 0.6) is 0 Å². The zero-order chi connectivity index (χ0) is 22.5. The van der Waals surface area contributed by atoms with Crippen molar-refractivity contribution in [1.29, 1.82) is 0 Å². The van der Waals surface area contributed by atoms with E-state index in [1.54, 1.807) is 0 Å². The average molecular weight is 417 g/mol. The number of aldehydes is 2. The maximum atomic E-state index is 11.0. The Balaban J connectivity index is 1.72. The molecule has 4 aromatic carbocycles. The fraction of sp³-hybridized carbons (Fsp3) is 0.0667. The molecule has 0 aliphatic carbocycles. The first-order valence-corrected chi connectivity index (χ1v) is 10.6. The Bertz CT molecular complexity index is 1370. The van der Waals surface area contributed by atoms with Crippen LogP contribution in [-0.4, -0.2) is 12.6 Å². The Kier molecular flexibility index (Phi) is 6.23. The van der Waals surface area contributed by atoms with Gasteiger partial charge in [0.2, 0.25) is 0 Å². The number of fused-ring (bicyclic) bond motifs is 1. The van der Waals surface area contributed by atoms with Crippen LogP contribution < -0.4 is 0 Å². The Morgan fingerprint density at radius 1 is 0.531 bits per heavy atom. The highest BCUT2D eigenvalue weighted by atomic mass is 16.1. The van der Waals surface area contributed by atoms with Gasteiger partial charge < -0.3 is 0 Å². The summed E-state index contributed by atoms with van der Waals surface area (Å²) >= 11 is 0. The van der Waals surface area contributed by atoms with Gasteiger partial charge in [-0.15, -0.1) is 0 Å². The summed E-state index contributed by atoms with van der Waals surface area (Å²) in [6, 6.07) is 24.2. The van der Waals surface area contributed by atoms with Crippen molar-refractivity contribution in [3.05, 3.63) is 117 Å². The molecule has 4 rings (SSSR count). The van der Waals surface area contributed by atoms with Crippen LogP contribution in [0.15, 0.2) is 72.8 Å². The highest BCUT2D eigenvalue weighted by Gasteiger charge is 2.03. The summed E-state index contributed by atoms with van der Waals surface area (Å²) in [6.45, 7) is 4.03. The molecule has 0 saturated heterocycles. The minimum atomic E-state index is 0.689. The molecule has 2 nitrogen and oxygen atoms in total. The molecule has 0 saturated carbocycles. The Morgan fingerprint density at radius 2 is 1.09 bits per heavy atom. The lowest BCUT2D eigenvalue weighted by atomic mass is 9.98. The van der Waals surface area contributed by atoms with Gasteiger partial charge in [-0.1, -0.05) is 72.8 Å². The SMILES string of the molecule is Cc1cc(C=O)ccc1/C=C/c1cc(/C=C/c2ccc(C=O)cc2C)c2ccccc2c1. The van der Waals surface area contributed by atoms with Crippen molar-refractivity contribution in [3.8, 4) is 0 Å². The normalized spacial score (nSPS) is 11.4. The van der Waals surface area contributed by atoms with E-state index in [0.717, 1.165) is 46.0 Å². The van der Waals surface area contributed by atoms with E-state index in [-0.39, 0.29) is 0 Å². The van der Waals surface area contributed by atoms with Crippen molar-refractivity contribution in [1.82, 2.24) is 0 Å². The fourth-order valence-electron chi connectivity index (χ4n) is 3.88. The van der Waals surface area contributed by atoms with Crippen LogP contribution in [0.25, 0.3) is 35.1 Å². The fourth-order valence-corrected chi connectivity index (χ4v) is 3.88. The topological polar surface area (TPSA) is 34.1 Å². The minimum Gasteiger partial charge on any atom is -0.298 e. The van der Waals surface area contributed by atoms with Crippen molar-refractivity contribution < 1.29 is 9.59 Å². The molecule has 0 N–H and O–H groups in total. The van der Waals surface area contributed by atoms with E-state index in [4.69, 9.17) is 0 Å². The average Bonchev–Trinajstić information content (AvgIpc) is 2.82. The van der Waals surface area contributed by atoms with Crippen LogP contribution in [0.4, 0.5) is 0 Å². The zero-order valence-electron chi connectivity index (χ0n) is 18.2. The van der Waals surface area contributed by atoms with Gasteiger partial charge in [0, 0.05) is 11.1 Å². The summed E-state index contributed by atoms with van der Waals surface area (Å²) in [6.07, 6.45) is 10.2. The van der Waals surface area contributed by atoms with Gasteiger partial charge in [0.15, 0.2) is 0 Å². The third kappa shape index (κ3) is 4.65. The lowest BCUT2D eigenvalue weighted by Gasteiger charge is -2.07. The summed E-state index contributed by atoms with van der Waals surface area (Å²) < 4.78 is 0. The number of hydrogen-bond acceptors (Lipinski definition) is 2. The molecule has 2 heteroatoms. The lowest BCUT2D eigenvalue weighted by molar-refractivity contribution is 0.111. The van der Waals surface area contributed by atoms with E-state index in [1.165, 1.54) is 10.8 Å². The number of aryl methyl sites for hydroxylation is 2. The molecule has 0 spiro atoms. The zero-order valence-corrected chi connectivity index (χ0v) is 18.2. The maximum absolute atomic E-state index is 11.0. The number of carbonyl (C=O) groups is 2. The largest absolute Gasteiger partial charge is 0.298 e. The van der Waals surface area contributed by atoms with Crippen LogP contribution in [0.2, 0.25) is 0 Å². The summed E-state index contributed by atoms with van der Waals surface area (Å²) in [5.74, 6) is 0. The first kappa shape index (κ1) is 21.2. The lowest BCUT2D eigenvalue weighted by Crippen LogP contribution is -1.86. The monoisotopic (exact) mass is 416 g/mol. The van der Waals surface area contributed by atoms with Gasteiger partial charge in [-0.05, 0) is 82.3 Å². The van der Waals surface area contributed by atoms with Gasteiger partial charge in [0.25, 0.3) is 0 Å². The van der Waals surface area contributed by atoms with E-state index in [0.29, 0.717) is 11.1 Å². The van der Waals surface area contributed by atoms with Crippen molar-refractivity contribution in [3.63, 3.8) is 0 Å². The molecule has 0 aliphatic heterocycles. The quantitative estimate of drug-likeness (QED) is 0.242. The Labute approximate surface area is 188 Å². The molecule has 0 unspecified atom stereocenters. The molecule has 0 atom stereocenters. The molecular weight excluding hydrogens is 392 g/mol. The molecule has 0 radical (unpaired) electrons.